The Kier molecular flexibility index (Phi) is 4.13. The van der Waals surface area contributed by atoms with Gasteiger partial charge in [-0.2, -0.15) is 0 Å². The zero-order chi connectivity index (χ0) is 20.0. The van der Waals surface area contributed by atoms with Gasteiger partial charge in [0.15, 0.2) is 12.0 Å². The summed E-state index contributed by atoms with van der Waals surface area (Å²) in [5.74, 6) is -0.246. The third-order valence-electron chi connectivity index (χ3n) is 5.78. The predicted octanol–water partition coefficient (Wildman–Crippen LogP) is 2.30. The van der Waals surface area contributed by atoms with Crippen molar-refractivity contribution in [3.05, 3.63) is 54.4 Å². The highest BCUT2D eigenvalue weighted by Gasteiger charge is 2.50. The lowest BCUT2D eigenvalue weighted by molar-refractivity contribution is -0.143. The van der Waals surface area contributed by atoms with Gasteiger partial charge in [0.25, 0.3) is 11.8 Å². The Morgan fingerprint density at radius 2 is 1.66 bits per heavy atom. The maximum Gasteiger partial charge on any atom is 0.254 e. The molecular weight excluding hydrogens is 370 g/mol. The molecule has 7 nitrogen and oxygen atoms in total. The fourth-order valence-electron chi connectivity index (χ4n) is 3.83. The minimum atomic E-state index is -1.14. The van der Waals surface area contributed by atoms with Crippen LogP contribution < -0.4 is 0 Å². The van der Waals surface area contributed by atoms with Crippen molar-refractivity contribution in [2.45, 2.75) is 18.4 Å². The number of aliphatic hydroxyl groups is 1. The van der Waals surface area contributed by atoms with Gasteiger partial charge in [-0.15, -0.1) is 0 Å². The molecule has 1 aliphatic heterocycles. The van der Waals surface area contributed by atoms with E-state index in [1.807, 2.05) is 42.5 Å². The van der Waals surface area contributed by atoms with Gasteiger partial charge >= 0.3 is 0 Å². The molecule has 1 saturated heterocycles. The molecule has 2 amide bonds. The van der Waals surface area contributed by atoms with Crippen LogP contribution >= 0.6 is 0 Å². The summed E-state index contributed by atoms with van der Waals surface area (Å²) in [5, 5.41) is 9.99. The number of carbonyl (C=O) groups is 2. The van der Waals surface area contributed by atoms with Crippen LogP contribution in [0, 0.1) is 0 Å². The Bertz CT molecular complexity index is 1080. The Labute approximate surface area is 167 Å². The number of hydrogen-bond acceptors (Lipinski definition) is 5. The summed E-state index contributed by atoms with van der Waals surface area (Å²) in [7, 11) is 0. The van der Waals surface area contributed by atoms with Gasteiger partial charge in [0.2, 0.25) is 0 Å². The predicted molar refractivity (Wildman–Crippen MR) is 106 cm³/mol. The number of carbonyl (C=O) groups excluding carboxylic acids is 2. The smallest absolute Gasteiger partial charge is 0.254 e. The Morgan fingerprint density at radius 3 is 2.34 bits per heavy atom. The summed E-state index contributed by atoms with van der Waals surface area (Å²) in [4.78, 5) is 32.8. The standard InChI is InChI=1S/C22H21N3O4/c26-20(24-10-12-25(13-11-24)21(27)22(28)8-9-22)16-6-4-15(5-7-16)17-2-1-3-18-19(17)23-14-29-18/h1-7,14,28H,8-13H2. The van der Waals surface area contributed by atoms with Crippen LogP contribution in [0.4, 0.5) is 0 Å². The number of piperazine rings is 1. The van der Waals surface area contributed by atoms with Gasteiger partial charge in [-0.1, -0.05) is 24.3 Å². The van der Waals surface area contributed by atoms with Gasteiger partial charge in [-0.05, 0) is 36.6 Å². The molecule has 1 aromatic heterocycles. The highest BCUT2D eigenvalue weighted by Crippen LogP contribution is 2.37. The molecule has 0 radical (unpaired) electrons. The van der Waals surface area contributed by atoms with Crippen molar-refractivity contribution in [2.24, 2.45) is 0 Å². The molecule has 2 fully saturated rings. The van der Waals surface area contributed by atoms with Crippen LogP contribution in [-0.2, 0) is 4.79 Å². The van der Waals surface area contributed by atoms with Crippen molar-refractivity contribution in [1.82, 2.24) is 14.8 Å². The quantitative estimate of drug-likeness (QED) is 0.740. The van der Waals surface area contributed by atoms with Crippen molar-refractivity contribution in [1.29, 1.82) is 0 Å². The highest BCUT2D eigenvalue weighted by molar-refractivity contribution is 5.96. The van der Waals surface area contributed by atoms with E-state index in [1.54, 1.807) is 9.80 Å². The van der Waals surface area contributed by atoms with Gasteiger partial charge in [-0.25, -0.2) is 4.98 Å². The molecule has 5 rings (SSSR count). The average molecular weight is 391 g/mol. The Balaban J connectivity index is 1.28. The molecule has 0 unspecified atom stereocenters. The van der Waals surface area contributed by atoms with Crippen LogP contribution in [0.3, 0.4) is 0 Å². The number of oxazole rings is 1. The van der Waals surface area contributed by atoms with Crippen LogP contribution in [0.25, 0.3) is 22.2 Å². The lowest BCUT2D eigenvalue weighted by atomic mass is 10.0. The molecule has 0 spiro atoms. The first-order valence-electron chi connectivity index (χ1n) is 9.79. The van der Waals surface area contributed by atoms with Crippen LogP contribution in [0.15, 0.2) is 53.3 Å². The van der Waals surface area contributed by atoms with E-state index in [9.17, 15) is 14.7 Å². The van der Waals surface area contributed by atoms with Gasteiger partial charge in [0, 0.05) is 37.3 Å². The summed E-state index contributed by atoms with van der Waals surface area (Å²) < 4.78 is 5.36. The number of hydrogen-bond donors (Lipinski definition) is 1. The monoisotopic (exact) mass is 391 g/mol. The van der Waals surface area contributed by atoms with Gasteiger partial charge < -0.3 is 19.3 Å². The first-order valence-corrected chi connectivity index (χ1v) is 9.79. The maximum absolute atomic E-state index is 12.9. The zero-order valence-corrected chi connectivity index (χ0v) is 15.9. The molecule has 0 bridgehead atoms. The lowest BCUT2D eigenvalue weighted by Gasteiger charge is -2.35. The normalized spacial score (nSPS) is 18.1. The molecule has 148 valence electrons. The van der Waals surface area contributed by atoms with Crippen LogP contribution in [0.2, 0.25) is 0 Å². The van der Waals surface area contributed by atoms with Crippen LogP contribution in [0.1, 0.15) is 23.2 Å². The molecule has 0 atom stereocenters. The summed E-state index contributed by atoms with van der Waals surface area (Å²) in [6.07, 6.45) is 2.51. The van der Waals surface area contributed by atoms with E-state index < -0.39 is 5.60 Å². The zero-order valence-electron chi connectivity index (χ0n) is 15.9. The van der Waals surface area contributed by atoms with Gasteiger partial charge in [-0.3, -0.25) is 9.59 Å². The summed E-state index contributed by atoms with van der Waals surface area (Å²) in [6.45, 7) is 1.86. The number of para-hydroxylation sites is 1. The van der Waals surface area contributed by atoms with E-state index in [1.165, 1.54) is 6.39 Å². The minimum absolute atomic E-state index is 0.0478. The molecule has 2 aromatic carbocycles. The van der Waals surface area contributed by atoms with E-state index in [0.717, 1.165) is 22.2 Å². The second kappa shape index (κ2) is 6.70. The van der Waals surface area contributed by atoms with Gasteiger partial charge in [0.1, 0.15) is 11.1 Å². The molecule has 1 aliphatic carbocycles. The van der Waals surface area contributed by atoms with Crippen molar-refractivity contribution >= 4 is 22.9 Å². The van der Waals surface area contributed by atoms with Crippen LogP contribution in [0.5, 0.6) is 0 Å². The largest absolute Gasteiger partial charge is 0.443 e. The topological polar surface area (TPSA) is 86.9 Å². The lowest BCUT2D eigenvalue weighted by Crippen LogP contribution is -2.53. The molecule has 29 heavy (non-hydrogen) atoms. The summed E-state index contributed by atoms with van der Waals surface area (Å²) in [5.41, 5.74) is 2.92. The van der Waals surface area contributed by atoms with Crippen molar-refractivity contribution in [3.63, 3.8) is 0 Å². The van der Waals surface area contributed by atoms with Gasteiger partial charge in [0.05, 0.1) is 0 Å². The molecule has 2 aliphatic rings. The van der Waals surface area contributed by atoms with E-state index in [2.05, 4.69) is 4.98 Å². The Hall–Kier alpha value is -3.19. The molecule has 1 saturated carbocycles. The minimum Gasteiger partial charge on any atom is -0.443 e. The molecular formula is C22H21N3O4. The van der Waals surface area contributed by atoms with E-state index in [-0.39, 0.29) is 11.8 Å². The van der Waals surface area contributed by atoms with Crippen molar-refractivity contribution < 1.29 is 19.1 Å². The number of amides is 2. The number of fused-ring (bicyclic) bond motifs is 1. The second-order valence-electron chi connectivity index (χ2n) is 7.70. The first kappa shape index (κ1) is 17.9. The molecule has 3 aromatic rings. The molecule has 7 heteroatoms. The number of benzene rings is 2. The highest BCUT2D eigenvalue weighted by atomic mass is 16.3. The van der Waals surface area contributed by atoms with Crippen molar-refractivity contribution in [3.8, 4) is 11.1 Å². The second-order valence-corrected chi connectivity index (χ2v) is 7.70. The van der Waals surface area contributed by atoms with E-state index in [4.69, 9.17) is 4.42 Å². The van der Waals surface area contributed by atoms with E-state index >= 15 is 0 Å². The third kappa shape index (κ3) is 3.17. The fourth-order valence-corrected chi connectivity index (χ4v) is 3.83. The molecule has 2 heterocycles. The maximum atomic E-state index is 12.9. The summed E-state index contributed by atoms with van der Waals surface area (Å²) in [6, 6.07) is 13.2. The average Bonchev–Trinajstić information content (AvgIpc) is 3.33. The fraction of sp³-hybridized carbons (Fsp3) is 0.318. The number of aromatic nitrogens is 1. The summed E-state index contributed by atoms with van der Waals surface area (Å²) >= 11 is 0. The number of nitrogens with zero attached hydrogens (tertiary/aromatic N) is 3. The number of rotatable bonds is 3. The van der Waals surface area contributed by atoms with Crippen molar-refractivity contribution in [2.75, 3.05) is 26.2 Å². The Morgan fingerprint density at radius 1 is 0.966 bits per heavy atom. The van der Waals surface area contributed by atoms with Crippen LogP contribution in [-0.4, -0.2) is 63.5 Å². The first-order chi connectivity index (χ1) is 14.0. The van der Waals surface area contributed by atoms with E-state index in [0.29, 0.717) is 44.6 Å². The SMILES string of the molecule is O=C(c1ccc(-c2cccc3ocnc23)cc1)N1CCN(C(=O)C2(O)CC2)CC1. The molecule has 1 N–H and O–H groups in total. The third-order valence-corrected chi connectivity index (χ3v) is 5.78.